The fourth-order valence-electron chi connectivity index (χ4n) is 3.07. The first-order chi connectivity index (χ1) is 9.15. The van der Waals surface area contributed by atoms with Crippen LogP contribution in [0.3, 0.4) is 0 Å². The Bertz CT molecular complexity index is 565. The van der Waals surface area contributed by atoms with Crippen LogP contribution in [0.5, 0.6) is 0 Å². The van der Waals surface area contributed by atoms with Crippen LogP contribution in [0.2, 0.25) is 5.02 Å². The Morgan fingerprint density at radius 3 is 2.79 bits per heavy atom. The summed E-state index contributed by atoms with van der Waals surface area (Å²) in [6.45, 7) is 4.41. The molecule has 1 atom stereocenters. The van der Waals surface area contributed by atoms with Crippen LogP contribution >= 0.6 is 11.6 Å². The van der Waals surface area contributed by atoms with Gasteiger partial charge in [0.15, 0.2) is 0 Å². The average molecular weight is 272 g/mol. The Morgan fingerprint density at radius 1 is 1.16 bits per heavy atom. The second-order valence-electron chi connectivity index (χ2n) is 5.48. The van der Waals surface area contributed by atoms with Crippen LogP contribution in [0.15, 0.2) is 30.5 Å². The minimum absolute atomic E-state index is 0.350. The van der Waals surface area contributed by atoms with Gasteiger partial charge in [-0.2, -0.15) is 0 Å². The maximum Gasteiger partial charge on any atom is 0.0592 e. The van der Waals surface area contributed by atoms with Gasteiger partial charge in [-0.05, 0) is 48.9 Å². The molecule has 1 heterocycles. The highest BCUT2D eigenvalue weighted by Crippen LogP contribution is 2.33. The van der Waals surface area contributed by atoms with Crippen molar-refractivity contribution in [2.24, 2.45) is 0 Å². The topological polar surface area (TPSA) is 12.9 Å². The van der Waals surface area contributed by atoms with E-state index in [0.29, 0.717) is 5.92 Å². The molecule has 3 rings (SSSR count). The van der Waals surface area contributed by atoms with Gasteiger partial charge in [-0.1, -0.05) is 42.3 Å². The number of hydrogen-bond donors (Lipinski definition) is 0. The maximum atomic E-state index is 6.08. The standard InChI is InChI=1S/C17H18ClN/c1-11-6-7-16-12(2)17-14(9-15(18)10-19-17)5-3-4-13(16)8-11/h6-10,12H,3-5H2,1-2H3/t12-/m1/s1. The second-order valence-corrected chi connectivity index (χ2v) is 5.91. The first-order valence-corrected chi connectivity index (χ1v) is 7.26. The van der Waals surface area contributed by atoms with Gasteiger partial charge in [0.25, 0.3) is 0 Å². The van der Waals surface area contributed by atoms with E-state index in [2.05, 4.69) is 43.1 Å². The number of aromatic nitrogens is 1. The number of halogens is 1. The minimum atomic E-state index is 0.350. The van der Waals surface area contributed by atoms with Crippen LogP contribution in [-0.4, -0.2) is 4.98 Å². The quantitative estimate of drug-likeness (QED) is 0.678. The lowest BCUT2D eigenvalue weighted by Gasteiger charge is -2.22. The van der Waals surface area contributed by atoms with Crippen LogP contribution in [0, 0.1) is 6.92 Å². The summed E-state index contributed by atoms with van der Waals surface area (Å²) >= 11 is 6.08. The summed E-state index contributed by atoms with van der Waals surface area (Å²) in [5, 5.41) is 0.746. The molecule has 0 saturated carbocycles. The van der Waals surface area contributed by atoms with E-state index in [1.165, 1.54) is 27.9 Å². The van der Waals surface area contributed by atoms with Crippen molar-refractivity contribution >= 4 is 11.6 Å². The number of aryl methyl sites for hydroxylation is 3. The predicted molar refractivity (Wildman–Crippen MR) is 80.0 cm³/mol. The number of nitrogens with zero attached hydrogens (tertiary/aromatic N) is 1. The third kappa shape index (κ3) is 2.40. The second kappa shape index (κ2) is 4.97. The highest BCUT2D eigenvalue weighted by atomic mass is 35.5. The Morgan fingerprint density at radius 2 is 1.95 bits per heavy atom. The molecular formula is C17H18ClN. The Balaban J connectivity index is 2.13. The normalized spacial score (nSPS) is 18.2. The van der Waals surface area contributed by atoms with Crippen molar-refractivity contribution in [1.82, 2.24) is 4.98 Å². The molecule has 1 aromatic carbocycles. The molecule has 0 N–H and O–H groups in total. The molecule has 19 heavy (non-hydrogen) atoms. The molecule has 2 aromatic rings. The highest BCUT2D eigenvalue weighted by molar-refractivity contribution is 6.30. The van der Waals surface area contributed by atoms with E-state index in [-0.39, 0.29) is 0 Å². The zero-order valence-electron chi connectivity index (χ0n) is 11.4. The highest BCUT2D eigenvalue weighted by Gasteiger charge is 2.20. The van der Waals surface area contributed by atoms with E-state index in [9.17, 15) is 0 Å². The predicted octanol–water partition coefficient (Wildman–Crippen LogP) is 4.68. The summed E-state index contributed by atoms with van der Waals surface area (Å²) in [6.07, 6.45) is 5.15. The molecule has 0 bridgehead atoms. The fourth-order valence-corrected chi connectivity index (χ4v) is 3.25. The third-order valence-corrected chi connectivity index (χ3v) is 4.24. The third-order valence-electron chi connectivity index (χ3n) is 4.04. The van der Waals surface area contributed by atoms with Crippen molar-refractivity contribution in [2.75, 3.05) is 0 Å². The lowest BCUT2D eigenvalue weighted by Crippen LogP contribution is -2.10. The van der Waals surface area contributed by atoms with E-state index in [0.717, 1.165) is 24.3 Å². The number of hydrogen-bond acceptors (Lipinski definition) is 1. The van der Waals surface area contributed by atoms with Crippen LogP contribution in [0.25, 0.3) is 0 Å². The first kappa shape index (κ1) is 12.7. The Labute approximate surface area is 119 Å². The van der Waals surface area contributed by atoms with Crippen LogP contribution in [0.4, 0.5) is 0 Å². The number of pyridine rings is 1. The SMILES string of the molecule is Cc1ccc2c(c1)CCCc1cc(Cl)cnc1[C@@H]2C. The summed E-state index contributed by atoms with van der Waals surface area (Å²) in [7, 11) is 0. The number of rotatable bonds is 0. The zero-order valence-corrected chi connectivity index (χ0v) is 12.2. The van der Waals surface area contributed by atoms with Gasteiger partial charge in [0.05, 0.1) is 10.7 Å². The molecular weight excluding hydrogens is 254 g/mol. The summed E-state index contributed by atoms with van der Waals surface area (Å²) in [4.78, 5) is 4.59. The van der Waals surface area contributed by atoms with Crippen molar-refractivity contribution in [3.63, 3.8) is 0 Å². The molecule has 0 amide bonds. The number of fused-ring (bicyclic) bond motifs is 2. The summed E-state index contributed by atoms with van der Waals surface area (Å²) in [5.41, 5.74) is 6.74. The van der Waals surface area contributed by atoms with E-state index in [4.69, 9.17) is 11.6 Å². The van der Waals surface area contributed by atoms with Gasteiger partial charge in [0, 0.05) is 12.1 Å². The van der Waals surface area contributed by atoms with Crippen molar-refractivity contribution in [1.29, 1.82) is 0 Å². The van der Waals surface area contributed by atoms with Gasteiger partial charge in [-0.15, -0.1) is 0 Å². The molecule has 1 aromatic heterocycles. The summed E-state index contributed by atoms with van der Waals surface area (Å²) in [5.74, 6) is 0.350. The van der Waals surface area contributed by atoms with Gasteiger partial charge in [0.2, 0.25) is 0 Å². The molecule has 0 saturated heterocycles. The monoisotopic (exact) mass is 271 g/mol. The lowest BCUT2D eigenvalue weighted by atomic mass is 9.84. The molecule has 0 unspecified atom stereocenters. The average Bonchev–Trinajstić information content (AvgIpc) is 2.37. The molecule has 1 aliphatic rings. The van der Waals surface area contributed by atoms with Gasteiger partial charge in [-0.25, -0.2) is 0 Å². The molecule has 0 aliphatic heterocycles. The van der Waals surface area contributed by atoms with E-state index >= 15 is 0 Å². The van der Waals surface area contributed by atoms with Gasteiger partial charge in [0.1, 0.15) is 0 Å². The van der Waals surface area contributed by atoms with E-state index in [1.807, 2.05) is 0 Å². The summed E-state index contributed by atoms with van der Waals surface area (Å²) < 4.78 is 0. The van der Waals surface area contributed by atoms with Gasteiger partial charge >= 0.3 is 0 Å². The van der Waals surface area contributed by atoms with Gasteiger partial charge < -0.3 is 0 Å². The van der Waals surface area contributed by atoms with Crippen molar-refractivity contribution in [2.45, 2.75) is 39.0 Å². The molecule has 0 spiro atoms. The minimum Gasteiger partial charge on any atom is -0.259 e. The summed E-state index contributed by atoms with van der Waals surface area (Å²) in [6, 6.07) is 8.87. The van der Waals surface area contributed by atoms with Crippen molar-refractivity contribution in [3.05, 3.63) is 63.4 Å². The van der Waals surface area contributed by atoms with Crippen molar-refractivity contribution < 1.29 is 0 Å². The first-order valence-electron chi connectivity index (χ1n) is 6.89. The van der Waals surface area contributed by atoms with Crippen molar-refractivity contribution in [3.8, 4) is 0 Å². The fraction of sp³-hybridized carbons (Fsp3) is 0.353. The van der Waals surface area contributed by atoms with Gasteiger partial charge in [-0.3, -0.25) is 4.98 Å². The van der Waals surface area contributed by atoms with E-state index in [1.54, 1.807) is 6.20 Å². The smallest absolute Gasteiger partial charge is 0.0592 e. The molecule has 1 aliphatic carbocycles. The van der Waals surface area contributed by atoms with E-state index < -0.39 is 0 Å². The Hall–Kier alpha value is -1.34. The maximum absolute atomic E-state index is 6.08. The lowest BCUT2D eigenvalue weighted by molar-refractivity contribution is 0.734. The molecule has 2 heteroatoms. The molecule has 98 valence electrons. The molecule has 1 nitrogen and oxygen atoms in total. The molecule has 0 radical (unpaired) electrons. The van der Waals surface area contributed by atoms with Crippen LogP contribution in [0.1, 0.15) is 47.2 Å². The number of benzene rings is 1. The largest absolute Gasteiger partial charge is 0.259 e. The Kier molecular flexibility index (Phi) is 3.32. The van der Waals surface area contributed by atoms with Crippen LogP contribution < -0.4 is 0 Å². The molecule has 0 fully saturated rings. The van der Waals surface area contributed by atoms with Crippen LogP contribution in [-0.2, 0) is 12.8 Å². The zero-order chi connectivity index (χ0) is 13.4.